The van der Waals surface area contributed by atoms with Crippen LogP contribution in [0.2, 0.25) is 0 Å². The fourth-order valence-corrected chi connectivity index (χ4v) is 5.17. The summed E-state index contributed by atoms with van der Waals surface area (Å²) in [4.78, 5) is 33.2. The van der Waals surface area contributed by atoms with Gasteiger partial charge in [0.1, 0.15) is 5.71 Å². The van der Waals surface area contributed by atoms with Gasteiger partial charge >= 0.3 is 0 Å². The molecule has 0 radical (unpaired) electrons. The molecule has 7 heteroatoms. The zero-order valence-corrected chi connectivity index (χ0v) is 20.1. The highest BCUT2D eigenvalue weighted by molar-refractivity contribution is 7.22. The maximum atomic E-state index is 14.1. The molecule has 0 aliphatic carbocycles. The van der Waals surface area contributed by atoms with Gasteiger partial charge in [0.2, 0.25) is 5.91 Å². The summed E-state index contributed by atoms with van der Waals surface area (Å²) in [6.07, 6.45) is 0.505. The fourth-order valence-electron chi connectivity index (χ4n) is 4.20. The molecule has 34 heavy (non-hydrogen) atoms. The van der Waals surface area contributed by atoms with Crippen LogP contribution in [0.4, 0.5) is 16.5 Å². The van der Waals surface area contributed by atoms with E-state index >= 15 is 0 Å². The molecule has 6 nitrogen and oxygen atoms in total. The third kappa shape index (κ3) is 3.99. The molecule has 0 saturated heterocycles. The van der Waals surface area contributed by atoms with Gasteiger partial charge in [-0.15, -0.1) is 0 Å². The van der Waals surface area contributed by atoms with Gasteiger partial charge in [0.15, 0.2) is 5.13 Å². The van der Waals surface area contributed by atoms with E-state index in [1.165, 1.54) is 16.3 Å². The average Bonchev–Trinajstić information content (AvgIpc) is 3.25. The van der Waals surface area contributed by atoms with Crippen LogP contribution in [-0.4, -0.2) is 22.5 Å². The van der Waals surface area contributed by atoms with Crippen LogP contribution in [0, 0.1) is 20.8 Å². The van der Waals surface area contributed by atoms with Gasteiger partial charge in [0.25, 0.3) is 5.91 Å². The number of aryl methyl sites for hydroxylation is 3. The normalized spacial score (nSPS) is 13.8. The third-order valence-corrected chi connectivity index (χ3v) is 6.89. The van der Waals surface area contributed by atoms with E-state index in [2.05, 4.69) is 5.10 Å². The lowest BCUT2D eigenvalue weighted by molar-refractivity contribution is -0.118. The summed E-state index contributed by atoms with van der Waals surface area (Å²) in [5.74, 6) is -0.387. The number of thiazole rings is 1. The molecule has 3 aromatic carbocycles. The fraction of sp³-hybridized carbons (Fsp3) is 0.185. The summed E-state index contributed by atoms with van der Waals surface area (Å²) in [7, 11) is 0. The number of hydrazone groups is 1. The molecule has 0 N–H and O–H groups in total. The second-order valence-electron chi connectivity index (χ2n) is 8.44. The molecule has 0 saturated carbocycles. The van der Waals surface area contributed by atoms with Crippen molar-refractivity contribution in [1.82, 2.24) is 4.98 Å². The molecule has 1 aliphatic heterocycles. The van der Waals surface area contributed by atoms with Crippen molar-refractivity contribution >= 4 is 55.6 Å². The van der Waals surface area contributed by atoms with Crippen LogP contribution in [0.1, 0.15) is 29.5 Å². The van der Waals surface area contributed by atoms with Crippen LogP contribution in [-0.2, 0) is 9.59 Å². The average molecular weight is 469 g/mol. The number of nitrogens with zero attached hydrogens (tertiary/aromatic N) is 4. The monoisotopic (exact) mass is 468 g/mol. The van der Waals surface area contributed by atoms with Crippen LogP contribution in [0.25, 0.3) is 10.2 Å². The standard InChI is InChI=1S/C27H24N4O2S/c1-17-8-6-11-20(16-17)31-24(32)15-14-22(29-31)26(33)30(25-18(2)9-7-10-19(25)3)27-28-21-12-4-5-13-23(21)34-27/h4-13,16H,14-15H2,1-3H3. The van der Waals surface area contributed by atoms with Crippen molar-refractivity contribution in [3.63, 3.8) is 0 Å². The van der Waals surface area contributed by atoms with Crippen molar-refractivity contribution in [2.24, 2.45) is 5.10 Å². The number of hydrogen-bond acceptors (Lipinski definition) is 5. The Balaban J connectivity index is 1.63. The number of amides is 2. The smallest absolute Gasteiger partial charge is 0.273 e. The lowest BCUT2D eigenvalue weighted by Crippen LogP contribution is -2.40. The summed E-state index contributed by atoms with van der Waals surface area (Å²) >= 11 is 1.47. The predicted octanol–water partition coefficient (Wildman–Crippen LogP) is 6.07. The highest BCUT2D eigenvalue weighted by Gasteiger charge is 2.32. The van der Waals surface area contributed by atoms with Crippen LogP contribution in [0.5, 0.6) is 0 Å². The van der Waals surface area contributed by atoms with E-state index in [-0.39, 0.29) is 24.7 Å². The van der Waals surface area contributed by atoms with Crippen molar-refractivity contribution in [3.05, 3.63) is 83.4 Å². The van der Waals surface area contributed by atoms with E-state index in [1.54, 1.807) is 4.90 Å². The summed E-state index contributed by atoms with van der Waals surface area (Å²) in [6, 6.07) is 21.4. The van der Waals surface area contributed by atoms with Gasteiger partial charge in [-0.1, -0.05) is 53.8 Å². The first-order valence-corrected chi connectivity index (χ1v) is 12.0. The molecular formula is C27H24N4O2S. The van der Waals surface area contributed by atoms with Gasteiger partial charge in [-0.2, -0.15) is 5.10 Å². The summed E-state index contributed by atoms with van der Waals surface area (Å²) in [5, 5.41) is 6.49. The molecule has 4 aromatic rings. The Morgan fingerprint density at radius 3 is 2.41 bits per heavy atom. The number of anilines is 3. The van der Waals surface area contributed by atoms with Crippen LogP contribution < -0.4 is 9.91 Å². The van der Waals surface area contributed by atoms with Crippen LogP contribution in [0.15, 0.2) is 71.8 Å². The summed E-state index contributed by atoms with van der Waals surface area (Å²) in [5.41, 5.74) is 5.59. The van der Waals surface area contributed by atoms with Gasteiger partial charge in [0, 0.05) is 12.8 Å². The zero-order valence-electron chi connectivity index (χ0n) is 19.3. The summed E-state index contributed by atoms with van der Waals surface area (Å²) in [6.45, 7) is 5.94. The minimum atomic E-state index is -0.262. The Kier molecular flexibility index (Phi) is 5.71. The molecule has 2 amide bonds. The lowest BCUT2D eigenvalue weighted by Gasteiger charge is -2.28. The maximum absolute atomic E-state index is 14.1. The first-order chi connectivity index (χ1) is 16.4. The van der Waals surface area contributed by atoms with Gasteiger partial charge < -0.3 is 0 Å². The Hall–Kier alpha value is -3.84. The highest BCUT2D eigenvalue weighted by atomic mass is 32.1. The van der Waals surface area contributed by atoms with E-state index < -0.39 is 0 Å². The van der Waals surface area contributed by atoms with Gasteiger partial charge in [-0.3, -0.25) is 14.5 Å². The molecule has 0 bridgehead atoms. The van der Waals surface area contributed by atoms with Gasteiger partial charge in [-0.05, 0) is 61.7 Å². The first-order valence-electron chi connectivity index (χ1n) is 11.2. The molecular weight excluding hydrogens is 444 g/mol. The van der Waals surface area contributed by atoms with Crippen LogP contribution in [0.3, 0.4) is 0 Å². The van der Waals surface area contributed by atoms with Crippen molar-refractivity contribution in [1.29, 1.82) is 0 Å². The molecule has 0 atom stereocenters. The Morgan fingerprint density at radius 2 is 1.68 bits per heavy atom. The van der Waals surface area contributed by atoms with Crippen molar-refractivity contribution in [2.45, 2.75) is 33.6 Å². The molecule has 170 valence electrons. The molecule has 0 fully saturated rings. The number of benzene rings is 3. The molecule has 2 heterocycles. The predicted molar refractivity (Wildman–Crippen MR) is 138 cm³/mol. The summed E-state index contributed by atoms with van der Waals surface area (Å²) < 4.78 is 1.00. The third-order valence-electron chi connectivity index (χ3n) is 5.87. The highest BCUT2D eigenvalue weighted by Crippen LogP contribution is 2.37. The van der Waals surface area contributed by atoms with E-state index in [1.807, 2.05) is 87.5 Å². The number of rotatable bonds is 4. The molecule has 0 unspecified atom stereocenters. The van der Waals surface area contributed by atoms with Gasteiger partial charge in [-0.25, -0.2) is 9.99 Å². The quantitative estimate of drug-likeness (QED) is 0.365. The van der Waals surface area contributed by atoms with E-state index in [0.29, 0.717) is 16.5 Å². The van der Waals surface area contributed by atoms with Crippen LogP contribution >= 0.6 is 11.3 Å². The number of carbonyl (C=O) groups excluding carboxylic acids is 2. The van der Waals surface area contributed by atoms with E-state index in [9.17, 15) is 9.59 Å². The van der Waals surface area contributed by atoms with Crippen molar-refractivity contribution < 1.29 is 9.59 Å². The Morgan fingerprint density at radius 1 is 0.941 bits per heavy atom. The second kappa shape index (κ2) is 8.83. The molecule has 5 rings (SSSR count). The number of fused-ring (bicyclic) bond motifs is 1. The maximum Gasteiger partial charge on any atom is 0.280 e. The van der Waals surface area contributed by atoms with Crippen molar-refractivity contribution in [2.75, 3.05) is 9.91 Å². The molecule has 1 aromatic heterocycles. The number of carbonyl (C=O) groups is 2. The Labute approximate surface area is 202 Å². The lowest BCUT2D eigenvalue weighted by atomic mass is 10.1. The topological polar surface area (TPSA) is 65.9 Å². The SMILES string of the molecule is Cc1cccc(N2N=C(C(=O)N(c3nc4ccccc4s3)c3c(C)cccc3C)CCC2=O)c1. The minimum absolute atomic E-state index is 0.124. The number of para-hydroxylation sites is 2. The number of aromatic nitrogens is 1. The Bertz CT molecular complexity index is 1400. The number of hydrogen-bond donors (Lipinski definition) is 0. The second-order valence-corrected chi connectivity index (χ2v) is 9.45. The minimum Gasteiger partial charge on any atom is -0.273 e. The largest absolute Gasteiger partial charge is 0.280 e. The van der Waals surface area contributed by atoms with E-state index in [0.717, 1.165) is 32.6 Å². The molecule has 0 spiro atoms. The van der Waals surface area contributed by atoms with E-state index in [4.69, 9.17) is 4.98 Å². The zero-order chi connectivity index (χ0) is 23.8. The van der Waals surface area contributed by atoms with Gasteiger partial charge in [0.05, 0.1) is 21.6 Å². The van der Waals surface area contributed by atoms with Crippen molar-refractivity contribution in [3.8, 4) is 0 Å². The first kappa shape index (κ1) is 22.0. The molecule has 1 aliphatic rings.